The first-order chi connectivity index (χ1) is 14.3. The Balaban J connectivity index is 1.62. The molecule has 0 atom stereocenters. The number of aromatic nitrogens is 3. The van der Waals surface area contributed by atoms with E-state index >= 15 is 0 Å². The smallest absolute Gasteiger partial charge is 0.282 e. The molecule has 5 aromatic rings. The molecule has 0 aliphatic carbocycles. The molecular formula is C22H16N4OS2. The van der Waals surface area contributed by atoms with Crippen LogP contribution in [0.2, 0.25) is 0 Å². The summed E-state index contributed by atoms with van der Waals surface area (Å²) in [5, 5.41) is 5.89. The summed E-state index contributed by atoms with van der Waals surface area (Å²) in [5.74, 6) is 0. The summed E-state index contributed by atoms with van der Waals surface area (Å²) in [7, 11) is 0. The number of rotatable bonds is 5. The SMILES string of the molecule is O=c1c(C=NCc2cccs2)c(-c2ccccc2)[nH]n1-c1nc2ccccc2s1. The zero-order valence-electron chi connectivity index (χ0n) is 15.3. The average molecular weight is 417 g/mol. The lowest BCUT2D eigenvalue weighted by Gasteiger charge is -1.99. The molecule has 2 aromatic carbocycles. The summed E-state index contributed by atoms with van der Waals surface area (Å²) < 4.78 is 2.55. The van der Waals surface area contributed by atoms with Crippen LogP contribution < -0.4 is 5.56 Å². The summed E-state index contributed by atoms with van der Waals surface area (Å²) in [6.07, 6.45) is 1.67. The van der Waals surface area contributed by atoms with Crippen molar-refractivity contribution >= 4 is 39.1 Å². The number of fused-ring (bicyclic) bond motifs is 1. The summed E-state index contributed by atoms with van der Waals surface area (Å²) in [5.41, 5.74) is 2.93. The summed E-state index contributed by atoms with van der Waals surface area (Å²) in [6, 6.07) is 21.7. The predicted octanol–water partition coefficient (Wildman–Crippen LogP) is 5.12. The van der Waals surface area contributed by atoms with Gasteiger partial charge in [-0.2, -0.15) is 4.68 Å². The fourth-order valence-electron chi connectivity index (χ4n) is 3.11. The minimum Gasteiger partial charge on any atom is -0.288 e. The third-order valence-corrected chi connectivity index (χ3v) is 6.39. The standard InChI is InChI=1S/C22H16N4OS2/c27-21-17(14-23-13-16-9-6-12-28-16)20(15-7-2-1-3-8-15)25-26(21)22-24-18-10-4-5-11-19(18)29-22/h1-12,14,25H,13H2. The molecule has 0 saturated heterocycles. The van der Waals surface area contributed by atoms with Crippen molar-refractivity contribution in [2.75, 3.05) is 0 Å². The van der Waals surface area contributed by atoms with E-state index < -0.39 is 0 Å². The van der Waals surface area contributed by atoms with Crippen LogP contribution in [0.4, 0.5) is 0 Å². The first-order valence-electron chi connectivity index (χ1n) is 9.08. The Kier molecular flexibility index (Phi) is 4.67. The van der Waals surface area contributed by atoms with Crippen molar-refractivity contribution in [3.05, 3.63) is 92.9 Å². The van der Waals surface area contributed by atoms with Crippen LogP contribution in [-0.2, 0) is 6.54 Å². The number of nitrogens with one attached hydrogen (secondary N) is 1. The van der Waals surface area contributed by atoms with Crippen LogP contribution in [0.1, 0.15) is 10.4 Å². The second kappa shape index (κ2) is 7.62. The van der Waals surface area contributed by atoms with Crippen molar-refractivity contribution < 1.29 is 0 Å². The largest absolute Gasteiger partial charge is 0.288 e. The molecule has 0 aliphatic rings. The van der Waals surface area contributed by atoms with Gasteiger partial charge in [0.25, 0.3) is 5.56 Å². The van der Waals surface area contributed by atoms with Crippen LogP contribution in [0.5, 0.6) is 0 Å². The van der Waals surface area contributed by atoms with Gasteiger partial charge < -0.3 is 0 Å². The molecule has 0 amide bonds. The lowest BCUT2D eigenvalue weighted by Crippen LogP contribution is -2.17. The monoisotopic (exact) mass is 416 g/mol. The number of thiazole rings is 1. The van der Waals surface area contributed by atoms with Gasteiger partial charge in [0.05, 0.1) is 28.0 Å². The maximum Gasteiger partial charge on any atom is 0.282 e. The second-order valence-electron chi connectivity index (χ2n) is 6.42. The van der Waals surface area contributed by atoms with Gasteiger partial charge in [0, 0.05) is 16.7 Å². The fraction of sp³-hybridized carbons (Fsp3) is 0.0455. The molecule has 3 heterocycles. The van der Waals surface area contributed by atoms with Crippen LogP contribution in [0.25, 0.3) is 26.6 Å². The number of aromatic amines is 1. The number of hydrogen-bond acceptors (Lipinski definition) is 5. The van der Waals surface area contributed by atoms with Gasteiger partial charge in [-0.1, -0.05) is 59.9 Å². The van der Waals surface area contributed by atoms with E-state index in [2.05, 4.69) is 15.1 Å². The fourth-order valence-corrected chi connectivity index (χ4v) is 4.68. The maximum atomic E-state index is 13.2. The van der Waals surface area contributed by atoms with E-state index in [1.165, 1.54) is 16.0 Å². The number of benzene rings is 2. The van der Waals surface area contributed by atoms with E-state index in [1.54, 1.807) is 17.6 Å². The minimum atomic E-state index is -0.155. The van der Waals surface area contributed by atoms with E-state index in [4.69, 9.17) is 0 Å². The molecule has 0 bridgehead atoms. The zero-order chi connectivity index (χ0) is 19.6. The van der Waals surface area contributed by atoms with E-state index in [0.717, 1.165) is 26.4 Å². The van der Waals surface area contributed by atoms with Crippen molar-refractivity contribution in [3.8, 4) is 16.4 Å². The van der Waals surface area contributed by atoms with E-state index in [1.807, 2.05) is 72.1 Å². The first-order valence-corrected chi connectivity index (χ1v) is 10.8. The molecule has 5 rings (SSSR count). The molecule has 0 spiro atoms. The number of nitrogens with zero attached hydrogens (tertiary/aromatic N) is 3. The zero-order valence-corrected chi connectivity index (χ0v) is 16.9. The summed E-state index contributed by atoms with van der Waals surface area (Å²) in [4.78, 5) is 23.5. The van der Waals surface area contributed by atoms with Gasteiger partial charge in [-0.15, -0.1) is 11.3 Å². The van der Waals surface area contributed by atoms with Crippen molar-refractivity contribution in [2.24, 2.45) is 4.99 Å². The molecule has 5 nitrogen and oxygen atoms in total. The Hall–Kier alpha value is -3.29. The van der Waals surface area contributed by atoms with Crippen LogP contribution in [0, 0.1) is 0 Å². The van der Waals surface area contributed by atoms with E-state index in [9.17, 15) is 4.79 Å². The van der Waals surface area contributed by atoms with Crippen molar-refractivity contribution in [3.63, 3.8) is 0 Å². The minimum absolute atomic E-state index is 0.155. The van der Waals surface area contributed by atoms with Gasteiger partial charge in [0.15, 0.2) is 0 Å². The van der Waals surface area contributed by atoms with Crippen LogP contribution in [-0.4, -0.2) is 21.0 Å². The first kappa shape index (κ1) is 17.8. The molecule has 0 radical (unpaired) electrons. The highest BCUT2D eigenvalue weighted by Gasteiger charge is 2.17. The number of aliphatic imine (C=N–C) groups is 1. The third kappa shape index (κ3) is 3.46. The van der Waals surface area contributed by atoms with E-state index in [-0.39, 0.29) is 5.56 Å². The van der Waals surface area contributed by atoms with Crippen molar-refractivity contribution in [1.82, 2.24) is 14.8 Å². The Morgan fingerprint density at radius 3 is 2.66 bits per heavy atom. The maximum absolute atomic E-state index is 13.2. The van der Waals surface area contributed by atoms with Crippen LogP contribution in [0.3, 0.4) is 0 Å². The number of hydrogen-bond donors (Lipinski definition) is 1. The molecule has 0 aliphatic heterocycles. The van der Waals surface area contributed by atoms with E-state index in [0.29, 0.717) is 17.2 Å². The normalized spacial score (nSPS) is 11.6. The quantitative estimate of drug-likeness (QED) is 0.404. The van der Waals surface area contributed by atoms with Gasteiger partial charge >= 0.3 is 0 Å². The third-order valence-electron chi connectivity index (χ3n) is 4.51. The Bertz CT molecular complexity index is 1310. The molecule has 29 heavy (non-hydrogen) atoms. The second-order valence-corrected chi connectivity index (χ2v) is 8.46. The molecule has 0 unspecified atom stereocenters. The molecule has 142 valence electrons. The lowest BCUT2D eigenvalue weighted by molar-refractivity contribution is 0.845. The van der Waals surface area contributed by atoms with Crippen LogP contribution in [0.15, 0.2) is 81.9 Å². The van der Waals surface area contributed by atoms with Gasteiger partial charge in [-0.05, 0) is 23.6 Å². The number of thiophene rings is 1. The van der Waals surface area contributed by atoms with Crippen molar-refractivity contribution in [1.29, 1.82) is 0 Å². The summed E-state index contributed by atoms with van der Waals surface area (Å²) >= 11 is 3.14. The Labute approximate surface area is 174 Å². The molecule has 0 fully saturated rings. The topological polar surface area (TPSA) is 63.0 Å². The molecule has 1 N–H and O–H groups in total. The van der Waals surface area contributed by atoms with Gasteiger partial charge in [0.1, 0.15) is 0 Å². The molecule has 3 aromatic heterocycles. The van der Waals surface area contributed by atoms with Gasteiger partial charge in [-0.3, -0.25) is 14.9 Å². The Morgan fingerprint density at radius 1 is 1.03 bits per heavy atom. The average Bonchev–Trinajstić information content (AvgIpc) is 3.48. The Morgan fingerprint density at radius 2 is 1.86 bits per heavy atom. The highest BCUT2D eigenvalue weighted by Crippen LogP contribution is 2.25. The van der Waals surface area contributed by atoms with Gasteiger partial charge in [-0.25, -0.2) is 4.98 Å². The number of H-pyrrole nitrogens is 1. The predicted molar refractivity (Wildman–Crippen MR) is 121 cm³/mol. The molecule has 0 saturated carbocycles. The molecular weight excluding hydrogens is 400 g/mol. The lowest BCUT2D eigenvalue weighted by atomic mass is 10.1. The highest BCUT2D eigenvalue weighted by molar-refractivity contribution is 7.20. The van der Waals surface area contributed by atoms with Crippen LogP contribution >= 0.6 is 22.7 Å². The van der Waals surface area contributed by atoms with Gasteiger partial charge in [0.2, 0.25) is 5.13 Å². The summed E-state index contributed by atoms with van der Waals surface area (Å²) in [6.45, 7) is 0.553. The highest BCUT2D eigenvalue weighted by atomic mass is 32.1. The number of para-hydroxylation sites is 1. The molecule has 7 heteroatoms. The van der Waals surface area contributed by atoms with Crippen molar-refractivity contribution in [2.45, 2.75) is 6.54 Å².